The molecule has 21 atom stereocenters. The molecule has 0 aromatic rings. The highest BCUT2D eigenvalue weighted by Crippen LogP contribution is 2.35. The number of aliphatic hydroxyl groups excluding tert-OH is 21. The van der Waals surface area contributed by atoms with Gasteiger partial charge in [0.15, 0.2) is 53.4 Å². The van der Waals surface area contributed by atoms with Crippen LogP contribution in [0, 0.1) is 0 Å². The lowest BCUT2D eigenvalue weighted by atomic mass is 9.96. The van der Waals surface area contributed by atoms with Crippen LogP contribution in [0.5, 0.6) is 0 Å². The fourth-order valence-electron chi connectivity index (χ4n) is 7.16. The van der Waals surface area contributed by atoms with Gasteiger partial charge in [0.1, 0.15) is 91.6 Å². The van der Waals surface area contributed by atoms with E-state index in [1.807, 2.05) is 0 Å². The number of aliphatic hydroxyl groups is 21. The fourth-order valence-corrected chi connectivity index (χ4v) is 7.16. The third kappa shape index (κ3) is 12.6. The molecule has 0 radical (unpaired) electrons. The Morgan fingerprint density at radius 2 is 0.545 bits per heavy atom. The zero-order valence-corrected chi connectivity index (χ0v) is 34.6. The number of hydrogen-bond donors (Lipinski definition) is 21. The second-order valence-corrected chi connectivity index (χ2v) is 15.2. The molecule has 3 saturated heterocycles. The third-order valence-electron chi connectivity index (χ3n) is 10.8. The van der Waals surface area contributed by atoms with Crippen molar-refractivity contribution in [2.75, 3.05) is 39.6 Å². The Hall–Kier alpha value is -2.94. The Morgan fingerprint density at radius 1 is 0.288 bits per heavy atom. The van der Waals surface area contributed by atoms with E-state index in [-0.39, 0.29) is 0 Å². The van der Waals surface area contributed by atoms with Crippen molar-refractivity contribution in [3.8, 4) is 0 Å². The molecule has 0 spiro atoms. The maximum Gasteiger partial charge on any atom is 0.218 e. The first-order chi connectivity index (χ1) is 31.2. The largest absolute Gasteiger partial charge is 0.506 e. The van der Waals surface area contributed by atoms with Crippen LogP contribution < -0.4 is 0 Å². The molecule has 0 aromatic heterocycles. The van der Waals surface area contributed by atoms with E-state index in [0.717, 1.165) is 0 Å². The van der Waals surface area contributed by atoms with Crippen LogP contribution >= 0.6 is 0 Å². The first kappa shape index (κ1) is 55.7. The normalized spacial score (nSPS) is 46.7. The van der Waals surface area contributed by atoms with Crippen molar-refractivity contribution in [1.29, 1.82) is 0 Å². The summed E-state index contributed by atoms with van der Waals surface area (Å²) in [6.45, 7) is -5.87. The molecule has 21 N–H and O–H groups in total. The molecule has 30 heteroatoms. The van der Waals surface area contributed by atoms with Crippen LogP contribution in [0.25, 0.3) is 0 Å². The van der Waals surface area contributed by atoms with Crippen LogP contribution in [-0.4, -0.2) is 276 Å². The lowest BCUT2D eigenvalue weighted by molar-refractivity contribution is -0.383. The summed E-state index contributed by atoms with van der Waals surface area (Å²) >= 11 is 0. The van der Waals surface area contributed by atoms with Crippen LogP contribution in [0.4, 0.5) is 0 Å². The predicted octanol–water partition coefficient (Wildman–Crippen LogP) is -8.29. The van der Waals surface area contributed by atoms with Crippen LogP contribution in [0.15, 0.2) is 34.6 Å². The van der Waals surface area contributed by atoms with Gasteiger partial charge in [-0.15, -0.1) is 0 Å². The van der Waals surface area contributed by atoms with Gasteiger partial charge in [0, 0.05) is 39.1 Å². The highest BCUT2D eigenvalue weighted by Gasteiger charge is 2.54. The predicted molar refractivity (Wildman–Crippen MR) is 202 cm³/mol. The molecule has 30 nitrogen and oxygen atoms in total. The van der Waals surface area contributed by atoms with Gasteiger partial charge >= 0.3 is 0 Å². The van der Waals surface area contributed by atoms with Gasteiger partial charge in [0.25, 0.3) is 0 Å². The standard InChI is InChI=1S/C36H60O30/c37-4-1-10-16(43)22(49)31(55)59-11(2-5-38)17(44)24(51)33(57)64-28-13(7-40)62-35(26(53)19(28)46)66-30-15(9-42)63-36(27(54)21(30)48)65-29-14(8-41)61-34(25(52)20(29)47)60-12(3-6-39)18(45)23(50)32(56)58-10/h10-15,19-21,25-57H,1-9H2/b22-16+,23-18+,24-17+. The third-order valence-corrected chi connectivity index (χ3v) is 10.8. The summed E-state index contributed by atoms with van der Waals surface area (Å²) in [5.41, 5.74) is 0. The summed E-state index contributed by atoms with van der Waals surface area (Å²) in [6.07, 6.45) is -47.1. The van der Waals surface area contributed by atoms with E-state index in [1.165, 1.54) is 0 Å². The minimum Gasteiger partial charge on any atom is -0.506 e. The highest BCUT2D eigenvalue weighted by atomic mass is 16.8. The van der Waals surface area contributed by atoms with Crippen LogP contribution in [0.1, 0.15) is 19.3 Å². The van der Waals surface area contributed by atoms with Crippen molar-refractivity contribution in [1.82, 2.24) is 0 Å². The molecule has 7 rings (SSSR count). The van der Waals surface area contributed by atoms with Crippen LogP contribution in [-0.2, 0) is 42.6 Å². The van der Waals surface area contributed by atoms with Gasteiger partial charge in [-0.25, -0.2) is 0 Å². The second kappa shape index (κ2) is 25.1. The first-order valence-corrected chi connectivity index (χ1v) is 20.2. The zero-order valence-electron chi connectivity index (χ0n) is 34.6. The molecule has 7 aliphatic heterocycles. The molecule has 384 valence electrons. The summed E-state index contributed by atoms with van der Waals surface area (Å²) in [4.78, 5) is 0. The van der Waals surface area contributed by atoms with E-state index in [1.54, 1.807) is 0 Å². The summed E-state index contributed by atoms with van der Waals surface area (Å²) in [5, 5.41) is 222. The van der Waals surface area contributed by atoms with Crippen LogP contribution in [0.3, 0.4) is 0 Å². The SMILES string of the molecule is OCCC1OC(O)/C(O)=C(\O)C(CCO)OC2OC(CO)C(OC3OC(CO)C(OC4OC(CO)C(OC(O)/C(O)=C(\O)C(CCO)OC(O)/C(O)=C/1O)C(O)C4O)C(O)C3O)C(O)C2O. The minimum atomic E-state index is -2.76. The van der Waals surface area contributed by atoms with Gasteiger partial charge in [0.05, 0.1) is 19.8 Å². The highest BCUT2D eigenvalue weighted by molar-refractivity contribution is 5.12. The smallest absolute Gasteiger partial charge is 0.218 e. The molecule has 66 heavy (non-hydrogen) atoms. The molecule has 3 fully saturated rings. The molecule has 0 aliphatic carbocycles. The van der Waals surface area contributed by atoms with E-state index < -0.39 is 223 Å². The van der Waals surface area contributed by atoms with Crippen molar-refractivity contribution >= 4 is 0 Å². The Balaban J connectivity index is 1.78. The molecule has 0 amide bonds. The Morgan fingerprint density at radius 3 is 0.833 bits per heavy atom. The summed E-state index contributed by atoms with van der Waals surface area (Å²) < 4.78 is 48.6. The topological polar surface area (TPSA) is 508 Å². The number of hydrogen-bond acceptors (Lipinski definition) is 30. The molecule has 0 aromatic carbocycles. The van der Waals surface area contributed by atoms with Crippen LogP contribution in [0.2, 0.25) is 0 Å². The lowest BCUT2D eigenvalue weighted by Crippen LogP contribution is -2.67. The van der Waals surface area contributed by atoms with Gasteiger partial charge < -0.3 is 150 Å². The summed E-state index contributed by atoms with van der Waals surface area (Å²) in [5.74, 6) is -8.92. The minimum absolute atomic E-state index is 0.672. The molecular weight excluding hydrogens is 912 g/mol. The maximum atomic E-state index is 11.1. The first-order valence-electron chi connectivity index (χ1n) is 20.2. The van der Waals surface area contributed by atoms with Crippen molar-refractivity contribution in [2.45, 2.75) is 149 Å². The fraction of sp³-hybridized carbons (Fsp3) is 0.833. The van der Waals surface area contributed by atoms with Crippen molar-refractivity contribution < 1.29 is 150 Å². The van der Waals surface area contributed by atoms with Crippen molar-refractivity contribution in [3.63, 3.8) is 0 Å². The number of ether oxygens (including phenoxy) is 9. The Bertz CT molecular complexity index is 1590. The Kier molecular flexibility index (Phi) is 21.1. The monoisotopic (exact) mass is 972 g/mol. The average molecular weight is 973 g/mol. The summed E-state index contributed by atoms with van der Waals surface area (Å²) in [6, 6.07) is 0. The van der Waals surface area contributed by atoms with Gasteiger partial charge in [-0.3, -0.25) is 0 Å². The zero-order chi connectivity index (χ0) is 49.3. The maximum absolute atomic E-state index is 11.1. The number of fused-ring (bicyclic) bond motifs is 3. The van der Waals surface area contributed by atoms with Crippen molar-refractivity contribution in [3.05, 3.63) is 34.6 Å². The summed E-state index contributed by atoms with van der Waals surface area (Å²) in [7, 11) is 0. The number of rotatable bonds is 9. The van der Waals surface area contributed by atoms with E-state index in [0.29, 0.717) is 0 Å². The second-order valence-electron chi connectivity index (χ2n) is 15.2. The van der Waals surface area contributed by atoms with E-state index >= 15 is 0 Å². The molecule has 7 heterocycles. The van der Waals surface area contributed by atoms with Gasteiger partial charge in [-0.2, -0.15) is 0 Å². The van der Waals surface area contributed by atoms with Gasteiger partial charge in [-0.1, -0.05) is 0 Å². The van der Waals surface area contributed by atoms with Gasteiger partial charge in [0.2, 0.25) is 18.9 Å². The van der Waals surface area contributed by atoms with Crippen molar-refractivity contribution in [2.24, 2.45) is 0 Å². The average Bonchev–Trinajstić information content (AvgIpc) is 3.30. The quantitative estimate of drug-likeness (QED) is 0.102. The van der Waals surface area contributed by atoms with E-state index in [2.05, 4.69) is 0 Å². The van der Waals surface area contributed by atoms with E-state index in [9.17, 15) is 107 Å². The Labute approximate surface area is 372 Å². The molecule has 6 bridgehead atoms. The molecule has 0 saturated carbocycles. The van der Waals surface area contributed by atoms with E-state index in [4.69, 9.17) is 42.6 Å². The molecule has 21 unspecified atom stereocenters. The lowest BCUT2D eigenvalue weighted by Gasteiger charge is -2.48. The van der Waals surface area contributed by atoms with Gasteiger partial charge in [-0.05, 0) is 0 Å². The molecule has 7 aliphatic rings. The molecular formula is C36H60O30.